The van der Waals surface area contributed by atoms with Gasteiger partial charge in [0.2, 0.25) is 5.91 Å². The first-order chi connectivity index (χ1) is 6.61. The number of rotatable bonds is 3. The van der Waals surface area contributed by atoms with Crippen LogP contribution >= 0.6 is 11.8 Å². The number of nitrogens with one attached hydrogen (secondary N) is 2. The minimum Gasteiger partial charge on any atom is -0.480 e. The van der Waals surface area contributed by atoms with Gasteiger partial charge in [-0.3, -0.25) is 9.59 Å². The van der Waals surface area contributed by atoms with Crippen molar-refractivity contribution in [2.45, 2.75) is 19.0 Å². The van der Waals surface area contributed by atoms with Gasteiger partial charge in [-0.15, -0.1) is 0 Å². The first-order valence-electron chi connectivity index (χ1n) is 4.45. The van der Waals surface area contributed by atoms with Crippen LogP contribution in [0.1, 0.15) is 6.92 Å². The van der Waals surface area contributed by atoms with Crippen LogP contribution in [-0.4, -0.2) is 47.1 Å². The van der Waals surface area contributed by atoms with Gasteiger partial charge in [-0.05, 0) is 6.92 Å². The molecule has 1 heterocycles. The predicted molar refractivity (Wildman–Crippen MR) is 54.4 cm³/mol. The fourth-order valence-corrected chi connectivity index (χ4v) is 2.04. The van der Waals surface area contributed by atoms with Crippen molar-refractivity contribution in [3.05, 3.63) is 0 Å². The molecule has 3 N–H and O–H groups in total. The van der Waals surface area contributed by atoms with Crippen molar-refractivity contribution in [2.75, 3.05) is 18.1 Å². The molecule has 1 amide bonds. The van der Waals surface area contributed by atoms with E-state index in [1.165, 1.54) is 6.92 Å². The Morgan fingerprint density at radius 2 is 2.36 bits per heavy atom. The standard InChI is InChI=1S/C8H14N2O3S/c1-5(8(12)13)10-7(11)6-4-14-3-2-9-6/h5-6,9H,2-4H2,1H3,(H,10,11)(H,12,13)/t5-,6?/m0/s1. The van der Waals surface area contributed by atoms with E-state index < -0.39 is 12.0 Å². The maximum Gasteiger partial charge on any atom is 0.325 e. The lowest BCUT2D eigenvalue weighted by Gasteiger charge is -2.23. The summed E-state index contributed by atoms with van der Waals surface area (Å²) < 4.78 is 0. The second kappa shape index (κ2) is 5.21. The van der Waals surface area contributed by atoms with Gasteiger partial charge in [-0.25, -0.2) is 0 Å². The summed E-state index contributed by atoms with van der Waals surface area (Å²) in [6.07, 6.45) is 0. The molecule has 0 radical (unpaired) electrons. The van der Waals surface area contributed by atoms with Crippen LogP contribution in [0.2, 0.25) is 0 Å². The molecule has 2 atom stereocenters. The zero-order valence-electron chi connectivity index (χ0n) is 7.95. The third-order valence-electron chi connectivity index (χ3n) is 1.97. The van der Waals surface area contributed by atoms with Crippen LogP contribution in [0.4, 0.5) is 0 Å². The van der Waals surface area contributed by atoms with Crippen molar-refractivity contribution in [1.29, 1.82) is 0 Å². The van der Waals surface area contributed by atoms with E-state index in [9.17, 15) is 9.59 Å². The zero-order valence-corrected chi connectivity index (χ0v) is 8.76. The van der Waals surface area contributed by atoms with Crippen LogP contribution < -0.4 is 10.6 Å². The molecule has 1 unspecified atom stereocenters. The molecule has 0 aliphatic carbocycles. The largest absolute Gasteiger partial charge is 0.480 e. The van der Waals surface area contributed by atoms with Crippen molar-refractivity contribution >= 4 is 23.6 Å². The van der Waals surface area contributed by atoms with E-state index in [0.29, 0.717) is 5.75 Å². The van der Waals surface area contributed by atoms with E-state index >= 15 is 0 Å². The number of hydrogen-bond donors (Lipinski definition) is 3. The Morgan fingerprint density at radius 1 is 1.64 bits per heavy atom. The van der Waals surface area contributed by atoms with E-state index in [2.05, 4.69) is 10.6 Å². The number of carboxylic acid groups (broad SMARTS) is 1. The van der Waals surface area contributed by atoms with Gasteiger partial charge < -0.3 is 15.7 Å². The topological polar surface area (TPSA) is 78.4 Å². The van der Waals surface area contributed by atoms with Crippen molar-refractivity contribution < 1.29 is 14.7 Å². The molecule has 0 aromatic rings. The number of carbonyl (C=O) groups is 2. The van der Waals surface area contributed by atoms with Gasteiger partial charge in [0.1, 0.15) is 6.04 Å². The van der Waals surface area contributed by atoms with Crippen molar-refractivity contribution in [2.24, 2.45) is 0 Å². The van der Waals surface area contributed by atoms with Gasteiger partial charge in [0.15, 0.2) is 0 Å². The van der Waals surface area contributed by atoms with Gasteiger partial charge in [-0.1, -0.05) is 0 Å². The Labute approximate surface area is 86.6 Å². The number of carboxylic acids is 1. The Kier molecular flexibility index (Phi) is 4.21. The highest BCUT2D eigenvalue weighted by Crippen LogP contribution is 2.07. The predicted octanol–water partition coefficient (Wildman–Crippen LogP) is -0.719. The molecule has 1 fully saturated rings. The average molecular weight is 218 g/mol. The van der Waals surface area contributed by atoms with E-state index in [4.69, 9.17) is 5.11 Å². The van der Waals surface area contributed by atoms with Crippen LogP contribution in [0.5, 0.6) is 0 Å². The minimum absolute atomic E-state index is 0.230. The number of hydrogen-bond acceptors (Lipinski definition) is 4. The minimum atomic E-state index is -1.01. The second-order valence-corrected chi connectivity index (χ2v) is 4.30. The third-order valence-corrected chi connectivity index (χ3v) is 3.03. The molecule has 6 heteroatoms. The monoisotopic (exact) mass is 218 g/mol. The lowest BCUT2D eigenvalue weighted by Crippen LogP contribution is -2.52. The van der Waals surface area contributed by atoms with Crippen LogP contribution in [0.25, 0.3) is 0 Å². The highest BCUT2D eigenvalue weighted by atomic mass is 32.2. The van der Waals surface area contributed by atoms with Crippen LogP contribution in [-0.2, 0) is 9.59 Å². The first-order valence-corrected chi connectivity index (χ1v) is 5.61. The number of carbonyl (C=O) groups excluding carboxylic acids is 1. The fraction of sp³-hybridized carbons (Fsp3) is 0.750. The van der Waals surface area contributed by atoms with Crippen LogP contribution in [0.15, 0.2) is 0 Å². The molecule has 5 nitrogen and oxygen atoms in total. The van der Waals surface area contributed by atoms with Gasteiger partial charge in [0.25, 0.3) is 0 Å². The summed E-state index contributed by atoms with van der Waals surface area (Å²) in [5, 5.41) is 14.1. The molecule has 0 bridgehead atoms. The summed E-state index contributed by atoms with van der Waals surface area (Å²) in [5.74, 6) is 0.463. The number of aliphatic carboxylic acids is 1. The van der Waals surface area contributed by atoms with Gasteiger partial charge in [0, 0.05) is 18.1 Å². The van der Waals surface area contributed by atoms with Crippen molar-refractivity contribution in [1.82, 2.24) is 10.6 Å². The molecule has 80 valence electrons. The summed E-state index contributed by atoms with van der Waals surface area (Å²) in [4.78, 5) is 21.9. The van der Waals surface area contributed by atoms with Crippen LogP contribution in [0, 0.1) is 0 Å². The van der Waals surface area contributed by atoms with E-state index in [1.54, 1.807) is 11.8 Å². The van der Waals surface area contributed by atoms with E-state index in [1.807, 2.05) is 0 Å². The molecular formula is C8H14N2O3S. The average Bonchev–Trinajstić information content (AvgIpc) is 2.19. The van der Waals surface area contributed by atoms with Gasteiger partial charge in [0.05, 0.1) is 6.04 Å². The smallest absolute Gasteiger partial charge is 0.325 e. The summed E-state index contributed by atoms with van der Waals surface area (Å²) in [7, 11) is 0. The molecule has 0 aromatic heterocycles. The maximum absolute atomic E-state index is 11.5. The molecule has 1 rings (SSSR count). The Morgan fingerprint density at radius 3 is 2.86 bits per heavy atom. The molecule has 1 saturated heterocycles. The number of thioether (sulfide) groups is 1. The zero-order chi connectivity index (χ0) is 10.6. The highest BCUT2D eigenvalue weighted by molar-refractivity contribution is 7.99. The first kappa shape index (κ1) is 11.3. The molecule has 0 spiro atoms. The maximum atomic E-state index is 11.5. The van der Waals surface area contributed by atoms with Crippen molar-refractivity contribution in [3.63, 3.8) is 0 Å². The third kappa shape index (κ3) is 3.19. The molecule has 14 heavy (non-hydrogen) atoms. The van der Waals surface area contributed by atoms with Gasteiger partial charge in [-0.2, -0.15) is 11.8 Å². The fourth-order valence-electron chi connectivity index (χ4n) is 1.11. The molecule has 0 saturated carbocycles. The Balaban J connectivity index is 2.36. The summed E-state index contributed by atoms with van der Waals surface area (Å²) in [6.45, 7) is 2.25. The molecule has 1 aliphatic heterocycles. The molecular weight excluding hydrogens is 204 g/mol. The summed E-state index contributed by atoms with van der Waals surface area (Å²) >= 11 is 1.70. The molecule has 0 aromatic carbocycles. The highest BCUT2D eigenvalue weighted by Gasteiger charge is 2.23. The Bertz CT molecular complexity index is 229. The van der Waals surface area contributed by atoms with E-state index in [0.717, 1.165) is 12.3 Å². The quantitative estimate of drug-likeness (QED) is 0.583. The summed E-state index contributed by atoms with van der Waals surface area (Å²) in [5.41, 5.74) is 0. The SMILES string of the molecule is C[C@H](NC(=O)C1CSCCN1)C(=O)O. The van der Waals surface area contributed by atoms with Crippen molar-refractivity contribution in [3.8, 4) is 0 Å². The van der Waals surface area contributed by atoms with Gasteiger partial charge >= 0.3 is 5.97 Å². The van der Waals surface area contributed by atoms with E-state index in [-0.39, 0.29) is 11.9 Å². The molecule has 1 aliphatic rings. The lowest BCUT2D eigenvalue weighted by molar-refractivity contribution is -0.141. The lowest BCUT2D eigenvalue weighted by atomic mass is 10.2. The Hall–Kier alpha value is -0.750. The summed E-state index contributed by atoms with van der Waals surface area (Å²) in [6, 6.07) is -1.08. The van der Waals surface area contributed by atoms with Crippen LogP contribution in [0.3, 0.4) is 0 Å². The second-order valence-electron chi connectivity index (χ2n) is 3.15. The normalized spacial score (nSPS) is 23.9. The number of amides is 1.